The van der Waals surface area contributed by atoms with E-state index in [9.17, 15) is 18.0 Å². The van der Waals surface area contributed by atoms with Crippen molar-refractivity contribution < 1.29 is 22.7 Å². The molecule has 1 fully saturated rings. The summed E-state index contributed by atoms with van der Waals surface area (Å²) in [5.74, 6) is -0.551. The zero-order valence-electron chi connectivity index (χ0n) is 12.0. The lowest BCUT2D eigenvalue weighted by molar-refractivity contribution is -0.274. The Kier molecular flexibility index (Phi) is 5.25. The number of benzene rings is 1. The van der Waals surface area contributed by atoms with E-state index in [1.165, 1.54) is 12.1 Å². The molecule has 1 aliphatic rings. The van der Waals surface area contributed by atoms with Gasteiger partial charge in [-0.3, -0.25) is 10.2 Å². The van der Waals surface area contributed by atoms with Gasteiger partial charge >= 0.3 is 6.36 Å². The van der Waals surface area contributed by atoms with E-state index < -0.39 is 6.36 Å². The van der Waals surface area contributed by atoms with Crippen LogP contribution in [0.5, 0.6) is 5.75 Å². The number of carbonyl (C=O) groups excluding carboxylic acids is 1. The van der Waals surface area contributed by atoms with Crippen molar-refractivity contribution in [2.75, 3.05) is 5.32 Å². The number of anilines is 1. The van der Waals surface area contributed by atoms with Crippen LogP contribution in [0.25, 0.3) is 0 Å². The predicted octanol–water partition coefficient (Wildman–Crippen LogP) is 2.56. The summed E-state index contributed by atoms with van der Waals surface area (Å²) in [6.07, 6.45) is -2.05. The minimum Gasteiger partial charge on any atom is -0.406 e. The maximum Gasteiger partial charge on any atom is 0.573 e. The Bertz CT molecular complexity index is 505. The molecular formula is C14H18F3N3O2. The van der Waals surface area contributed by atoms with Crippen LogP contribution in [0.1, 0.15) is 26.2 Å². The molecule has 22 heavy (non-hydrogen) atoms. The third-order valence-corrected chi connectivity index (χ3v) is 3.29. The molecule has 0 bridgehead atoms. The number of alkyl halides is 3. The topological polar surface area (TPSA) is 62.4 Å². The molecule has 2 unspecified atom stereocenters. The summed E-state index contributed by atoms with van der Waals surface area (Å²) in [4.78, 5) is 12.1. The van der Waals surface area contributed by atoms with Gasteiger partial charge in [-0.15, -0.1) is 13.2 Å². The summed E-state index contributed by atoms with van der Waals surface area (Å²) in [5.41, 5.74) is 6.39. The second-order valence-corrected chi connectivity index (χ2v) is 5.12. The zero-order chi connectivity index (χ0) is 16.2. The van der Waals surface area contributed by atoms with Crippen LogP contribution >= 0.6 is 0 Å². The maximum absolute atomic E-state index is 12.1. The summed E-state index contributed by atoms with van der Waals surface area (Å²) in [6, 6.07) is 4.94. The van der Waals surface area contributed by atoms with Gasteiger partial charge in [-0.25, -0.2) is 5.43 Å². The van der Waals surface area contributed by atoms with Crippen LogP contribution in [-0.4, -0.2) is 24.4 Å². The van der Waals surface area contributed by atoms with E-state index in [1.54, 1.807) is 0 Å². The Labute approximate surface area is 126 Å². The molecule has 1 heterocycles. The molecule has 1 amide bonds. The van der Waals surface area contributed by atoms with Crippen LogP contribution in [0.3, 0.4) is 0 Å². The summed E-state index contributed by atoms with van der Waals surface area (Å²) in [6.45, 7) is 2.07. The molecule has 3 N–H and O–H groups in total. The highest BCUT2D eigenvalue weighted by atomic mass is 19.4. The molecule has 0 spiro atoms. The number of halogens is 3. The highest BCUT2D eigenvalue weighted by Gasteiger charge is 2.31. The van der Waals surface area contributed by atoms with E-state index in [0.717, 1.165) is 25.0 Å². The van der Waals surface area contributed by atoms with Crippen LogP contribution in [0.15, 0.2) is 24.3 Å². The average Bonchev–Trinajstić information content (AvgIpc) is 2.88. The van der Waals surface area contributed by atoms with Crippen LogP contribution < -0.4 is 20.9 Å². The number of hydrogen-bond donors (Lipinski definition) is 3. The maximum atomic E-state index is 12.1. The fourth-order valence-corrected chi connectivity index (χ4v) is 2.30. The van der Waals surface area contributed by atoms with Crippen molar-refractivity contribution in [3.8, 4) is 5.75 Å². The fraction of sp³-hybridized carbons (Fsp3) is 0.500. The highest BCUT2D eigenvalue weighted by molar-refractivity contribution is 5.95. The molecule has 2 rings (SSSR count). The van der Waals surface area contributed by atoms with Gasteiger partial charge < -0.3 is 10.1 Å². The lowest BCUT2D eigenvalue weighted by Gasteiger charge is -2.12. The van der Waals surface area contributed by atoms with Gasteiger partial charge in [0.1, 0.15) is 11.8 Å². The Morgan fingerprint density at radius 2 is 2.00 bits per heavy atom. The van der Waals surface area contributed by atoms with Crippen molar-refractivity contribution in [1.29, 1.82) is 0 Å². The molecule has 1 aliphatic heterocycles. The van der Waals surface area contributed by atoms with Crippen molar-refractivity contribution in [3.63, 3.8) is 0 Å². The molecule has 0 radical (unpaired) electrons. The molecule has 122 valence electrons. The number of hydrazine groups is 1. The van der Waals surface area contributed by atoms with E-state index in [0.29, 0.717) is 12.1 Å². The molecule has 0 saturated carbocycles. The lowest BCUT2D eigenvalue weighted by Crippen LogP contribution is -2.40. The van der Waals surface area contributed by atoms with Crippen molar-refractivity contribution in [3.05, 3.63) is 24.3 Å². The SMILES string of the molecule is CCCC1CC(C(=O)Nc2ccc(OC(F)(F)F)cc2)NN1. The molecule has 0 aliphatic carbocycles. The Balaban J connectivity index is 1.87. The number of nitrogens with one attached hydrogen (secondary N) is 3. The third-order valence-electron chi connectivity index (χ3n) is 3.29. The molecule has 0 aromatic heterocycles. The minimum atomic E-state index is -4.72. The molecule has 8 heteroatoms. The number of amides is 1. The largest absolute Gasteiger partial charge is 0.573 e. The van der Waals surface area contributed by atoms with Gasteiger partial charge in [0.25, 0.3) is 0 Å². The van der Waals surface area contributed by atoms with Gasteiger partial charge in [0.15, 0.2) is 0 Å². The van der Waals surface area contributed by atoms with Crippen LogP contribution in [0, 0.1) is 0 Å². The number of carbonyl (C=O) groups is 1. The van der Waals surface area contributed by atoms with Gasteiger partial charge in [-0.05, 0) is 37.1 Å². The van der Waals surface area contributed by atoms with E-state index in [1.807, 2.05) is 0 Å². The van der Waals surface area contributed by atoms with Crippen LogP contribution in [-0.2, 0) is 4.79 Å². The van der Waals surface area contributed by atoms with Gasteiger partial charge in [0, 0.05) is 11.7 Å². The first-order chi connectivity index (χ1) is 10.4. The fourth-order valence-electron chi connectivity index (χ4n) is 2.30. The number of ether oxygens (including phenoxy) is 1. The first-order valence-electron chi connectivity index (χ1n) is 7.05. The summed E-state index contributed by atoms with van der Waals surface area (Å²) in [7, 11) is 0. The first-order valence-corrected chi connectivity index (χ1v) is 7.05. The number of hydrogen-bond acceptors (Lipinski definition) is 4. The molecule has 2 atom stereocenters. The summed E-state index contributed by atoms with van der Waals surface area (Å²) in [5, 5.41) is 2.66. The Hall–Kier alpha value is -1.80. The molecule has 1 aromatic carbocycles. The Morgan fingerprint density at radius 3 is 2.59 bits per heavy atom. The first kappa shape index (κ1) is 16.6. The third kappa shape index (κ3) is 4.88. The van der Waals surface area contributed by atoms with E-state index in [-0.39, 0.29) is 23.7 Å². The second kappa shape index (κ2) is 6.97. The summed E-state index contributed by atoms with van der Waals surface area (Å²) >= 11 is 0. The van der Waals surface area contributed by atoms with Crippen LogP contribution in [0.2, 0.25) is 0 Å². The van der Waals surface area contributed by atoms with Crippen molar-refractivity contribution in [2.24, 2.45) is 0 Å². The number of rotatable bonds is 5. The van der Waals surface area contributed by atoms with E-state index >= 15 is 0 Å². The van der Waals surface area contributed by atoms with Gasteiger partial charge in [0.2, 0.25) is 5.91 Å². The monoisotopic (exact) mass is 317 g/mol. The summed E-state index contributed by atoms with van der Waals surface area (Å²) < 4.78 is 39.9. The minimum absolute atomic E-state index is 0.226. The quantitative estimate of drug-likeness (QED) is 0.781. The van der Waals surface area contributed by atoms with Crippen molar-refractivity contribution in [1.82, 2.24) is 10.9 Å². The van der Waals surface area contributed by atoms with E-state index in [2.05, 4.69) is 27.8 Å². The molecule has 1 saturated heterocycles. The van der Waals surface area contributed by atoms with Gasteiger partial charge in [-0.1, -0.05) is 13.3 Å². The highest BCUT2D eigenvalue weighted by Crippen LogP contribution is 2.24. The normalized spacial score (nSPS) is 21.6. The van der Waals surface area contributed by atoms with E-state index in [4.69, 9.17) is 0 Å². The average molecular weight is 317 g/mol. The smallest absolute Gasteiger partial charge is 0.406 e. The second-order valence-electron chi connectivity index (χ2n) is 5.12. The van der Waals surface area contributed by atoms with Crippen molar-refractivity contribution in [2.45, 2.75) is 44.6 Å². The molecular weight excluding hydrogens is 299 g/mol. The lowest BCUT2D eigenvalue weighted by atomic mass is 10.1. The standard InChI is InChI=1S/C14H18F3N3O2/c1-2-3-10-8-12(20-19-10)13(21)18-9-4-6-11(7-5-9)22-14(15,16)17/h4-7,10,12,19-20H,2-3,8H2,1H3,(H,18,21). The van der Waals surface area contributed by atoms with Crippen LogP contribution in [0.4, 0.5) is 18.9 Å². The van der Waals surface area contributed by atoms with Crippen molar-refractivity contribution >= 4 is 11.6 Å². The predicted molar refractivity (Wildman–Crippen MR) is 75.1 cm³/mol. The molecule has 5 nitrogen and oxygen atoms in total. The Morgan fingerprint density at radius 1 is 1.32 bits per heavy atom. The molecule has 1 aromatic rings. The van der Waals surface area contributed by atoms with Gasteiger partial charge in [-0.2, -0.15) is 0 Å². The van der Waals surface area contributed by atoms with Gasteiger partial charge in [0.05, 0.1) is 0 Å². The zero-order valence-corrected chi connectivity index (χ0v) is 12.0.